The Morgan fingerprint density at radius 2 is 1.23 bits per heavy atom. The smallest absolute Gasteiger partial charge is 0.267 e. The number of hydrogen-bond acceptors (Lipinski definition) is 3. The molecule has 0 fully saturated rings. The molecule has 0 spiro atoms. The van der Waals surface area contributed by atoms with E-state index in [-0.39, 0.29) is 10.1 Å². The first kappa shape index (κ1) is 15.2. The van der Waals surface area contributed by atoms with Crippen LogP contribution in [0, 0.1) is 0 Å². The third kappa shape index (κ3) is 2.77. The number of carbonyl (C=O) groups excluding carboxylic acids is 2. The van der Waals surface area contributed by atoms with Gasteiger partial charge in [0.25, 0.3) is 11.8 Å². The molecule has 0 unspecified atom stereocenters. The molecule has 2 amide bonds. The molecular formula is C16H9Cl2NO2S. The van der Waals surface area contributed by atoms with Gasteiger partial charge < -0.3 is 0 Å². The molecule has 6 heteroatoms. The van der Waals surface area contributed by atoms with Crippen LogP contribution in [0.15, 0.2) is 74.5 Å². The Balaban J connectivity index is 1.81. The first-order valence-electron chi connectivity index (χ1n) is 6.35. The van der Waals surface area contributed by atoms with Gasteiger partial charge in [0.15, 0.2) is 0 Å². The fourth-order valence-electron chi connectivity index (χ4n) is 2.00. The first-order chi connectivity index (χ1) is 10.6. The van der Waals surface area contributed by atoms with Gasteiger partial charge in [0, 0.05) is 9.79 Å². The SMILES string of the molecule is O=C1C(Cl)=C(Cl)C(=O)N1c1ccc(Sc2ccccc2)cc1. The van der Waals surface area contributed by atoms with Gasteiger partial charge in [0.2, 0.25) is 0 Å². The van der Waals surface area contributed by atoms with Crippen molar-refractivity contribution in [3.8, 4) is 0 Å². The molecule has 0 aromatic heterocycles. The molecule has 0 atom stereocenters. The third-order valence-electron chi connectivity index (χ3n) is 3.05. The van der Waals surface area contributed by atoms with Gasteiger partial charge in [-0.15, -0.1) is 0 Å². The Labute approximate surface area is 141 Å². The van der Waals surface area contributed by atoms with Gasteiger partial charge in [-0.25, -0.2) is 4.90 Å². The lowest BCUT2D eigenvalue weighted by molar-refractivity contribution is -0.120. The van der Waals surface area contributed by atoms with Crippen LogP contribution >= 0.6 is 35.0 Å². The minimum atomic E-state index is -0.597. The summed E-state index contributed by atoms with van der Waals surface area (Å²) >= 11 is 13.0. The highest BCUT2D eigenvalue weighted by Gasteiger charge is 2.37. The molecule has 1 aliphatic heterocycles. The zero-order valence-corrected chi connectivity index (χ0v) is 13.5. The van der Waals surface area contributed by atoms with Gasteiger partial charge in [-0.2, -0.15) is 0 Å². The van der Waals surface area contributed by atoms with E-state index in [2.05, 4.69) is 0 Å². The summed E-state index contributed by atoms with van der Waals surface area (Å²) < 4.78 is 0. The average molecular weight is 350 g/mol. The summed E-state index contributed by atoms with van der Waals surface area (Å²) in [6.07, 6.45) is 0. The van der Waals surface area contributed by atoms with E-state index in [0.717, 1.165) is 14.7 Å². The zero-order valence-electron chi connectivity index (χ0n) is 11.1. The predicted molar refractivity (Wildman–Crippen MR) is 88.2 cm³/mol. The van der Waals surface area contributed by atoms with Crippen LogP contribution < -0.4 is 4.90 Å². The van der Waals surface area contributed by atoms with Crippen LogP contribution in [0.3, 0.4) is 0 Å². The lowest BCUT2D eigenvalue weighted by Gasteiger charge is -2.14. The maximum absolute atomic E-state index is 11.9. The Kier molecular flexibility index (Phi) is 4.25. The van der Waals surface area contributed by atoms with Gasteiger partial charge in [-0.3, -0.25) is 9.59 Å². The normalized spacial score (nSPS) is 14.9. The fraction of sp³-hybridized carbons (Fsp3) is 0. The van der Waals surface area contributed by atoms with Crippen LogP contribution in [0.1, 0.15) is 0 Å². The molecule has 0 saturated heterocycles. The molecule has 0 N–H and O–H groups in total. The summed E-state index contributed by atoms with van der Waals surface area (Å²) in [7, 11) is 0. The fourth-order valence-corrected chi connectivity index (χ4v) is 3.17. The summed E-state index contributed by atoms with van der Waals surface area (Å²) in [4.78, 5) is 26.9. The first-order valence-corrected chi connectivity index (χ1v) is 7.92. The summed E-state index contributed by atoms with van der Waals surface area (Å²) in [6, 6.07) is 17.0. The number of imide groups is 1. The van der Waals surface area contributed by atoms with Crippen molar-refractivity contribution in [3.63, 3.8) is 0 Å². The number of amides is 2. The second-order valence-corrected chi connectivity index (χ2v) is 6.39. The molecule has 0 aliphatic carbocycles. The molecule has 2 aromatic rings. The molecular weight excluding hydrogens is 341 g/mol. The van der Waals surface area contributed by atoms with E-state index in [1.54, 1.807) is 23.9 Å². The lowest BCUT2D eigenvalue weighted by Crippen LogP contribution is -2.30. The van der Waals surface area contributed by atoms with Crippen molar-refractivity contribution in [2.24, 2.45) is 0 Å². The van der Waals surface area contributed by atoms with E-state index in [1.165, 1.54) is 0 Å². The Bertz CT molecular complexity index is 748. The lowest BCUT2D eigenvalue weighted by atomic mass is 10.3. The monoisotopic (exact) mass is 349 g/mol. The highest BCUT2D eigenvalue weighted by atomic mass is 35.5. The Hall–Kier alpha value is -1.75. The zero-order chi connectivity index (χ0) is 15.7. The van der Waals surface area contributed by atoms with Gasteiger partial charge >= 0.3 is 0 Å². The number of nitrogens with zero attached hydrogens (tertiary/aromatic N) is 1. The molecule has 1 heterocycles. The van der Waals surface area contributed by atoms with Crippen molar-refractivity contribution in [2.75, 3.05) is 4.90 Å². The van der Waals surface area contributed by atoms with Crippen molar-refractivity contribution < 1.29 is 9.59 Å². The van der Waals surface area contributed by atoms with E-state index in [4.69, 9.17) is 23.2 Å². The second-order valence-electron chi connectivity index (χ2n) is 4.48. The topological polar surface area (TPSA) is 37.4 Å². The summed E-state index contributed by atoms with van der Waals surface area (Å²) in [5.74, 6) is -1.19. The van der Waals surface area contributed by atoms with E-state index in [0.29, 0.717) is 5.69 Å². The number of halogens is 2. The van der Waals surface area contributed by atoms with Gasteiger partial charge in [-0.1, -0.05) is 53.2 Å². The van der Waals surface area contributed by atoms with E-state index in [1.807, 2.05) is 42.5 Å². The van der Waals surface area contributed by atoms with Crippen LogP contribution in [-0.4, -0.2) is 11.8 Å². The molecule has 3 rings (SSSR count). The van der Waals surface area contributed by atoms with Crippen LogP contribution in [0.25, 0.3) is 0 Å². The van der Waals surface area contributed by atoms with Crippen LogP contribution in [0.2, 0.25) is 0 Å². The minimum absolute atomic E-state index is 0.241. The largest absolute Gasteiger partial charge is 0.278 e. The molecule has 0 bridgehead atoms. The van der Waals surface area contributed by atoms with Gasteiger partial charge in [0.05, 0.1) is 5.69 Å². The Morgan fingerprint density at radius 3 is 1.77 bits per heavy atom. The molecule has 0 radical (unpaired) electrons. The molecule has 1 aliphatic rings. The molecule has 3 nitrogen and oxygen atoms in total. The Morgan fingerprint density at radius 1 is 0.727 bits per heavy atom. The molecule has 110 valence electrons. The van der Waals surface area contributed by atoms with Crippen molar-refractivity contribution >= 4 is 52.5 Å². The van der Waals surface area contributed by atoms with E-state index >= 15 is 0 Å². The number of hydrogen-bond donors (Lipinski definition) is 0. The van der Waals surface area contributed by atoms with Gasteiger partial charge in [-0.05, 0) is 36.4 Å². The predicted octanol–water partition coefficient (Wildman–Crippen LogP) is 4.40. The maximum atomic E-state index is 11.9. The quantitative estimate of drug-likeness (QED) is 0.770. The van der Waals surface area contributed by atoms with E-state index < -0.39 is 11.8 Å². The van der Waals surface area contributed by atoms with Crippen molar-refractivity contribution in [2.45, 2.75) is 9.79 Å². The summed E-state index contributed by atoms with van der Waals surface area (Å²) in [5, 5.41) is -0.483. The molecule has 0 saturated carbocycles. The number of anilines is 1. The molecule has 22 heavy (non-hydrogen) atoms. The number of rotatable bonds is 3. The average Bonchev–Trinajstić information content (AvgIpc) is 2.73. The highest BCUT2D eigenvalue weighted by Crippen LogP contribution is 2.33. The van der Waals surface area contributed by atoms with Gasteiger partial charge in [0.1, 0.15) is 10.1 Å². The van der Waals surface area contributed by atoms with Crippen LogP contribution in [0.5, 0.6) is 0 Å². The van der Waals surface area contributed by atoms with Crippen molar-refractivity contribution in [3.05, 3.63) is 64.7 Å². The number of carbonyl (C=O) groups is 2. The van der Waals surface area contributed by atoms with Crippen molar-refractivity contribution in [1.29, 1.82) is 0 Å². The van der Waals surface area contributed by atoms with Crippen molar-refractivity contribution in [1.82, 2.24) is 0 Å². The maximum Gasteiger partial charge on any atom is 0.278 e. The second kappa shape index (κ2) is 6.16. The van der Waals surface area contributed by atoms with E-state index in [9.17, 15) is 9.59 Å². The summed E-state index contributed by atoms with van der Waals surface area (Å²) in [5.41, 5.74) is 0.446. The van der Waals surface area contributed by atoms with Crippen LogP contribution in [0.4, 0.5) is 5.69 Å². The number of benzene rings is 2. The minimum Gasteiger partial charge on any atom is -0.267 e. The standard InChI is InChI=1S/C16H9Cl2NO2S/c17-13-14(18)16(21)19(15(13)20)10-6-8-12(9-7-10)22-11-4-2-1-3-5-11/h1-9H. The van der Waals surface area contributed by atoms with Crippen LogP contribution in [-0.2, 0) is 9.59 Å². The third-order valence-corrected chi connectivity index (χ3v) is 4.86. The molecule has 2 aromatic carbocycles. The highest BCUT2D eigenvalue weighted by molar-refractivity contribution is 7.99. The summed E-state index contributed by atoms with van der Waals surface area (Å²) in [6.45, 7) is 0.